The SMILES string of the molecule is C1CCSCC1.CCNCC.CCOC(C)=O. The summed E-state index contributed by atoms with van der Waals surface area (Å²) in [7, 11) is 0. The van der Waals surface area contributed by atoms with Gasteiger partial charge in [-0.3, -0.25) is 4.79 Å². The minimum Gasteiger partial charge on any atom is -0.466 e. The van der Waals surface area contributed by atoms with Gasteiger partial charge >= 0.3 is 5.97 Å². The molecule has 1 N–H and O–H groups in total. The van der Waals surface area contributed by atoms with E-state index in [0.29, 0.717) is 6.61 Å². The molecule has 104 valence electrons. The molecule has 0 amide bonds. The van der Waals surface area contributed by atoms with Crippen molar-refractivity contribution < 1.29 is 9.53 Å². The third-order valence-electron chi connectivity index (χ3n) is 1.92. The first-order valence-corrected chi connectivity index (χ1v) is 7.76. The summed E-state index contributed by atoms with van der Waals surface area (Å²) in [5, 5.41) is 3.11. The normalized spacial score (nSPS) is 13.6. The number of carbonyl (C=O) groups is 1. The maximum Gasteiger partial charge on any atom is 0.302 e. The summed E-state index contributed by atoms with van der Waals surface area (Å²) < 4.78 is 4.40. The van der Waals surface area contributed by atoms with E-state index in [4.69, 9.17) is 0 Å². The Kier molecular flexibility index (Phi) is 20.4. The second kappa shape index (κ2) is 18.2. The van der Waals surface area contributed by atoms with Crippen molar-refractivity contribution in [3.63, 3.8) is 0 Å². The molecular weight excluding hydrogens is 234 g/mol. The molecule has 0 unspecified atom stereocenters. The molecule has 0 bridgehead atoms. The first-order chi connectivity index (χ1) is 8.18. The monoisotopic (exact) mass is 263 g/mol. The summed E-state index contributed by atoms with van der Waals surface area (Å²) in [5.74, 6) is 2.62. The maximum atomic E-state index is 9.82. The van der Waals surface area contributed by atoms with Crippen LogP contribution in [-0.4, -0.2) is 37.2 Å². The van der Waals surface area contributed by atoms with Gasteiger partial charge in [-0.2, -0.15) is 11.8 Å². The minimum absolute atomic E-state index is 0.211. The van der Waals surface area contributed by atoms with E-state index in [9.17, 15) is 4.79 Å². The van der Waals surface area contributed by atoms with Gasteiger partial charge in [0, 0.05) is 6.92 Å². The number of rotatable bonds is 3. The number of thioether (sulfide) groups is 1. The summed E-state index contributed by atoms with van der Waals surface area (Å²) in [5.41, 5.74) is 0. The van der Waals surface area contributed by atoms with E-state index in [1.807, 2.05) is 0 Å². The van der Waals surface area contributed by atoms with Crippen LogP contribution in [0.1, 0.15) is 47.0 Å². The van der Waals surface area contributed by atoms with Gasteiger partial charge in [0.25, 0.3) is 0 Å². The van der Waals surface area contributed by atoms with Gasteiger partial charge in [-0.25, -0.2) is 0 Å². The van der Waals surface area contributed by atoms with Crippen LogP contribution < -0.4 is 5.32 Å². The van der Waals surface area contributed by atoms with Crippen LogP contribution >= 0.6 is 11.8 Å². The van der Waals surface area contributed by atoms with Gasteiger partial charge in [-0.15, -0.1) is 0 Å². The molecule has 1 saturated heterocycles. The molecule has 1 aliphatic rings. The first kappa shape index (κ1) is 19.1. The fourth-order valence-corrected chi connectivity index (χ4v) is 2.16. The Morgan fingerprint density at radius 3 is 1.71 bits per heavy atom. The molecule has 0 radical (unpaired) electrons. The highest BCUT2D eigenvalue weighted by molar-refractivity contribution is 7.99. The third kappa shape index (κ3) is 25.8. The van der Waals surface area contributed by atoms with Crippen LogP contribution in [0, 0.1) is 0 Å². The third-order valence-corrected chi connectivity index (χ3v) is 3.08. The number of nitrogens with one attached hydrogen (secondary N) is 1. The number of ether oxygens (including phenoxy) is 1. The number of hydrogen-bond donors (Lipinski definition) is 1. The topological polar surface area (TPSA) is 38.3 Å². The van der Waals surface area contributed by atoms with E-state index < -0.39 is 0 Å². The Hall–Kier alpha value is -0.220. The lowest BCUT2D eigenvalue weighted by atomic mass is 10.3. The standard InChI is InChI=1S/C5H10S.C4H11N.C4H8O2/c1-2-4-6-5-3-1;1-3-5-4-2;1-3-6-4(2)5/h1-5H2;5H,3-4H2,1-2H3;3H2,1-2H3. The van der Waals surface area contributed by atoms with E-state index in [0.717, 1.165) is 13.1 Å². The minimum atomic E-state index is -0.211. The molecule has 1 fully saturated rings. The quantitative estimate of drug-likeness (QED) is 0.794. The molecule has 3 nitrogen and oxygen atoms in total. The zero-order chi connectivity index (χ0) is 13.4. The zero-order valence-electron chi connectivity index (χ0n) is 11.9. The van der Waals surface area contributed by atoms with E-state index in [1.54, 1.807) is 6.92 Å². The van der Waals surface area contributed by atoms with Crippen LogP contribution in [-0.2, 0) is 9.53 Å². The van der Waals surface area contributed by atoms with Crippen LogP contribution in [0.2, 0.25) is 0 Å². The largest absolute Gasteiger partial charge is 0.466 e. The Labute approximate surface area is 111 Å². The molecule has 0 saturated carbocycles. The summed E-state index contributed by atoms with van der Waals surface area (Å²) in [6.45, 7) is 10.0. The van der Waals surface area contributed by atoms with Crippen LogP contribution in [0.5, 0.6) is 0 Å². The van der Waals surface area contributed by atoms with Gasteiger partial charge in [0.2, 0.25) is 0 Å². The van der Waals surface area contributed by atoms with Gasteiger partial charge in [-0.05, 0) is 44.4 Å². The highest BCUT2D eigenvalue weighted by Gasteiger charge is 1.95. The second-order valence-corrected chi connectivity index (χ2v) is 4.78. The zero-order valence-corrected chi connectivity index (χ0v) is 12.7. The molecule has 4 heteroatoms. The number of hydrogen-bond acceptors (Lipinski definition) is 4. The highest BCUT2D eigenvalue weighted by Crippen LogP contribution is 2.14. The van der Waals surface area contributed by atoms with Gasteiger partial charge in [0.15, 0.2) is 0 Å². The van der Waals surface area contributed by atoms with Crippen molar-refractivity contribution in [2.75, 3.05) is 31.2 Å². The fourth-order valence-electron chi connectivity index (χ4n) is 1.14. The molecule has 0 spiro atoms. The van der Waals surface area contributed by atoms with Crippen LogP contribution in [0.4, 0.5) is 0 Å². The van der Waals surface area contributed by atoms with Gasteiger partial charge in [0.1, 0.15) is 0 Å². The smallest absolute Gasteiger partial charge is 0.302 e. The first-order valence-electron chi connectivity index (χ1n) is 6.60. The second-order valence-electron chi connectivity index (χ2n) is 3.55. The lowest BCUT2D eigenvalue weighted by Crippen LogP contribution is -2.09. The summed E-state index contributed by atoms with van der Waals surface area (Å²) in [6, 6.07) is 0. The molecule has 0 aliphatic carbocycles. The fraction of sp³-hybridized carbons (Fsp3) is 0.923. The molecular formula is C13H29NO2S. The Balaban J connectivity index is 0. The lowest BCUT2D eigenvalue weighted by Gasteiger charge is -2.05. The molecule has 1 aliphatic heterocycles. The van der Waals surface area contributed by atoms with Crippen LogP contribution in [0.25, 0.3) is 0 Å². The lowest BCUT2D eigenvalue weighted by molar-refractivity contribution is -0.140. The summed E-state index contributed by atoms with van der Waals surface area (Å²) in [6.07, 6.45) is 4.41. The van der Waals surface area contributed by atoms with Crippen LogP contribution in [0.15, 0.2) is 0 Å². The van der Waals surface area contributed by atoms with Gasteiger partial charge in [0.05, 0.1) is 6.61 Å². The van der Waals surface area contributed by atoms with E-state index in [-0.39, 0.29) is 5.97 Å². The number of carbonyl (C=O) groups excluding carboxylic acids is 1. The molecule has 0 aromatic rings. The van der Waals surface area contributed by atoms with Crippen molar-refractivity contribution in [3.05, 3.63) is 0 Å². The Bertz CT molecular complexity index is 137. The van der Waals surface area contributed by atoms with E-state index >= 15 is 0 Å². The predicted molar refractivity (Wildman–Crippen MR) is 77.7 cm³/mol. The molecule has 1 heterocycles. The Morgan fingerprint density at radius 2 is 1.65 bits per heavy atom. The molecule has 0 aromatic carbocycles. The number of esters is 1. The Morgan fingerprint density at radius 1 is 1.12 bits per heavy atom. The molecule has 17 heavy (non-hydrogen) atoms. The maximum absolute atomic E-state index is 9.82. The summed E-state index contributed by atoms with van der Waals surface area (Å²) in [4.78, 5) is 9.82. The average Bonchev–Trinajstić information content (AvgIpc) is 2.34. The van der Waals surface area contributed by atoms with Gasteiger partial charge < -0.3 is 10.1 Å². The van der Waals surface area contributed by atoms with Crippen molar-refractivity contribution >= 4 is 17.7 Å². The molecule has 1 rings (SSSR count). The van der Waals surface area contributed by atoms with Crippen molar-refractivity contribution in [2.24, 2.45) is 0 Å². The van der Waals surface area contributed by atoms with Crippen LogP contribution in [0.3, 0.4) is 0 Å². The average molecular weight is 263 g/mol. The highest BCUT2D eigenvalue weighted by atomic mass is 32.2. The predicted octanol–water partition coefficient (Wildman–Crippen LogP) is 3.09. The van der Waals surface area contributed by atoms with Crippen molar-refractivity contribution in [1.29, 1.82) is 0 Å². The molecule has 0 aromatic heterocycles. The van der Waals surface area contributed by atoms with Crippen molar-refractivity contribution in [1.82, 2.24) is 5.32 Å². The molecule has 0 atom stereocenters. The van der Waals surface area contributed by atoms with Crippen molar-refractivity contribution in [2.45, 2.75) is 47.0 Å². The summed E-state index contributed by atoms with van der Waals surface area (Å²) >= 11 is 2.09. The van der Waals surface area contributed by atoms with Crippen molar-refractivity contribution in [3.8, 4) is 0 Å². The van der Waals surface area contributed by atoms with E-state index in [1.165, 1.54) is 37.7 Å². The van der Waals surface area contributed by atoms with Gasteiger partial charge in [-0.1, -0.05) is 20.3 Å². The van der Waals surface area contributed by atoms with E-state index in [2.05, 4.69) is 35.7 Å².